The number of carbonyl (C=O) groups is 1. The van der Waals surface area contributed by atoms with Gasteiger partial charge in [-0.25, -0.2) is 0 Å². The minimum absolute atomic E-state index is 0.0879. The Morgan fingerprint density at radius 3 is 2.31 bits per heavy atom. The zero-order valence-corrected chi connectivity index (χ0v) is 15.6. The van der Waals surface area contributed by atoms with E-state index in [-0.39, 0.29) is 5.91 Å². The summed E-state index contributed by atoms with van der Waals surface area (Å²) in [5.41, 5.74) is 3.35. The van der Waals surface area contributed by atoms with E-state index in [1.165, 1.54) is 0 Å². The topological polar surface area (TPSA) is 46.9 Å². The minimum Gasteiger partial charge on any atom is -0.343 e. The molecule has 0 aliphatic carbocycles. The molecule has 1 atom stereocenters. The Morgan fingerprint density at radius 1 is 1.08 bits per heavy atom. The molecular formula is C22H25N3O. The van der Waals surface area contributed by atoms with Gasteiger partial charge in [-0.2, -0.15) is 5.10 Å². The van der Waals surface area contributed by atoms with Crippen molar-refractivity contribution in [1.29, 1.82) is 0 Å². The van der Waals surface area contributed by atoms with Crippen molar-refractivity contribution in [3.8, 4) is 0 Å². The zero-order chi connectivity index (χ0) is 18.6. The highest BCUT2D eigenvalue weighted by Crippen LogP contribution is 2.25. The van der Waals surface area contributed by atoms with E-state index in [2.05, 4.69) is 48.5 Å². The summed E-state index contributed by atoms with van der Waals surface area (Å²) in [5, 5.41) is 7.62. The molecule has 1 N–H and O–H groups in total. The summed E-state index contributed by atoms with van der Waals surface area (Å²) in [5.74, 6) is -0.0879. The largest absolute Gasteiger partial charge is 0.343 e. The summed E-state index contributed by atoms with van der Waals surface area (Å²) in [6.07, 6.45) is 2.47. The van der Waals surface area contributed by atoms with Crippen molar-refractivity contribution >= 4 is 5.91 Å². The molecule has 0 fully saturated rings. The van der Waals surface area contributed by atoms with Gasteiger partial charge in [0, 0.05) is 5.69 Å². The second kappa shape index (κ2) is 7.56. The van der Waals surface area contributed by atoms with E-state index in [4.69, 9.17) is 0 Å². The summed E-state index contributed by atoms with van der Waals surface area (Å²) < 4.78 is 1.87. The van der Waals surface area contributed by atoms with Gasteiger partial charge in [0.25, 0.3) is 5.91 Å². The van der Waals surface area contributed by atoms with Crippen molar-refractivity contribution in [2.75, 3.05) is 0 Å². The molecule has 0 saturated carbocycles. The predicted octanol–water partition coefficient (Wildman–Crippen LogP) is 4.30. The average molecular weight is 347 g/mol. The molecule has 4 heteroatoms. The molecule has 0 bridgehead atoms. The Balaban J connectivity index is 1.80. The molecule has 0 spiro atoms. The maximum Gasteiger partial charge on any atom is 0.255 e. The molecule has 0 radical (unpaired) electrons. The van der Waals surface area contributed by atoms with Gasteiger partial charge < -0.3 is 5.32 Å². The molecule has 1 aromatic heterocycles. The number of nitrogens with zero attached hydrogens (tertiary/aromatic N) is 2. The Hall–Kier alpha value is -2.88. The molecule has 0 aliphatic rings. The third kappa shape index (κ3) is 3.69. The Labute approximate surface area is 154 Å². The van der Waals surface area contributed by atoms with E-state index in [0.717, 1.165) is 23.2 Å². The first kappa shape index (κ1) is 17.9. The van der Waals surface area contributed by atoms with Gasteiger partial charge in [0.15, 0.2) is 0 Å². The summed E-state index contributed by atoms with van der Waals surface area (Å²) in [6.45, 7) is 6.74. The SMILES string of the molecule is CCC(C)(NC(=O)c1cnn(Cc2ccccc2)c1C)c1ccccc1. The minimum atomic E-state index is -0.410. The van der Waals surface area contributed by atoms with Crippen LogP contribution in [0.3, 0.4) is 0 Å². The van der Waals surface area contributed by atoms with Gasteiger partial charge in [0.05, 0.1) is 23.8 Å². The molecule has 134 valence electrons. The molecule has 4 nitrogen and oxygen atoms in total. The van der Waals surface area contributed by atoms with Crippen LogP contribution in [0.25, 0.3) is 0 Å². The second-order valence-electron chi connectivity index (χ2n) is 6.79. The van der Waals surface area contributed by atoms with Gasteiger partial charge in [-0.3, -0.25) is 9.48 Å². The van der Waals surface area contributed by atoms with Gasteiger partial charge in [-0.05, 0) is 31.4 Å². The van der Waals surface area contributed by atoms with Crippen LogP contribution in [0.4, 0.5) is 0 Å². The lowest BCUT2D eigenvalue weighted by atomic mass is 9.89. The molecule has 3 rings (SSSR count). The molecule has 1 unspecified atom stereocenters. The fourth-order valence-corrected chi connectivity index (χ4v) is 3.07. The first-order valence-electron chi connectivity index (χ1n) is 8.98. The second-order valence-corrected chi connectivity index (χ2v) is 6.79. The molecular weight excluding hydrogens is 322 g/mol. The highest BCUT2D eigenvalue weighted by atomic mass is 16.1. The lowest BCUT2D eigenvalue weighted by molar-refractivity contribution is 0.0901. The third-order valence-corrected chi connectivity index (χ3v) is 5.03. The van der Waals surface area contributed by atoms with Gasteiger partial charge in [-0.1, -0.05) is 67.6 Å². The smallest absolute Gasteiger partial charge is 0.255 e. The first-order valence-corrected chi connectivity index (χ1v) is 8.98. The van der Waals surface area contributed by atoms with Gasteiger partial charge >= 0.3 is 0 Å². The zero-order valence-electron chi connectivity index (χ0n) is 15.6. The third-order valence-electron chi connectivity index (χ3n) is 5.03. The lowest BCUT2D eigenvalue weighted by Gasteiger charge is -2.30. The van der Waals surface area contributed by atoms with Crippen LogP contribution in [0.15, 0.2) is 66.9 Å². The number of aromatic nitrogens is 2. The van der Waals surface area contributed by atoms with Crippen LogP contribution in [0, 0.1) is 6.92 Å². The molecule has 1 heterocycles. The number of hydrogen-bond donors (Lipinski definition) is 1. The van der Waals surface area contributed by atoms with Crippen LogP contribution in [-0.2, 0) is 12.1 Å². The van der Waals surface area contributed by atoms with Gasteiger partial charge in [0.2, 0.25) is 0 Å². The lowest BCUT2D eigenvalue weighted by Crippen LogP contribution is -2.43. The Kier molecular flexibility index (Phi) is 5.21. The number of hydrogen-bond acceptors (Lipinski definition) is 2. The van der Waals surface area contributed by atoms with Crippen LogP contribution in [-0.4, -0.2) is 15.7 Å². The highest BCUT2D eigenvalue weighted by molar-refractivity contribution is 5.95. The van der Waals surface area contributed by atoms with Gasteiger partial charge in [0.1, 0.15) is 0 Å². The number of amides is 1. The normalized spacial score (nSPS) is 13.2. The standard InChI is InChI=1S/C22H25N3O/c1-4-22(3,19-13-9-6-10-14-19)24-21(26)20-15-23-25(17(20)2)16-18-11-7-5-8-12-18/h5-15H,4,16H2,1-3H3,(H,24,26). The summed E-state index contributed by atoms with van der Waals surface area (Å²) in [7, 11) is 0. The van der Waals surface area contributed by atoms with E-state index in [1.807, 2.05) is 48.0 Å². The van der Waals surface area contributed by atoms with E-state index in [1.54, 1.807) is 6.20 Å². The van der Waals surface area contributed by atoms with Crippen molar-refractivity contribution < 1.29 is 4.79 Å². The average Bonchev–Trinajstić information content (AvgIpc) is 3.03. The van der Waals surface area contributed by atoms with Crippen LogP contribution in [0.2, 0.25) is 0 Å². The highest BCUT2D eigenvalue weighted by Gasteiger charge is 2.28. The van der Waals surface area contributed by atoms with Crippen LogP contribution < -0.4 is 5.32 Å². The summed E-state index contributed by atoms with van der Waals surface area (Å²) in [4.78, 5) is 12.9. The van der Waals surface area contributed by atoms with Crippen molar-refractivity contribution in [3.63, 3.8) is 0 Å². The summed E-state index contributed by atoms with van der Waals surface area (Å²) >= 11 is 0. The maximum absolute atomic E-state index is 12.9. The van der Waals surface area contributed by atoms with Crippen LogP contribution >= 0.6 is 0 Å². The fraction of sp³-hybridized carbons (Fsp3) is 0.273. The molecule has 0 saturated heterocycles. The monoisotopic (exact) mass is 347 g/mol. The number of nitrogens with one attached hydrogen (secondary N) is 1. The number of carbonyl (C=O) groups excluding carboxylic acids is 1. The Bertz CT molecular complexity index is 871. The quantitative estimate of drug-likeness (QED) is 0.723. The van der Waals surface area contributed by atoms with E-state index in [0.29, 0.717) is 12.1 Å². The molecule has 26 heavy (non-hydrogen) atoms. The number of benzene rings is 2. The van der Waals surface area contributed by atoms with Crippen molar-refractivity contribution in [2.24, 2.45) is 0 Å². The van der Waals surface area contributed by atoms with E-state index < -0.39 is 5.54 Å². The first-order chi connectivity index (χ1) is 12.5. The van der Waals surface area contributed by atoms with Crippen LogP contribution in [0.1, 0.15) is 47.4 Å². The summed E-state index contributed by atoms with van der Waals surface area (Å²) in [6, 6.07) is 20.2. The fourth-order valence-electron chi connectivity index (χ4n) is 3.07. The van der Waals surface area contributed by atoms with Gasteiger partial charge in [-0.15, -0.1) is 0 Å². The van der Waals surface area contributed by atoms with Crippen molar-refractivity contribution in [3.05, 3.63) is 89.2 Å². The Morgan fingerprint density at radius 2 is 1.69 bits per heavy atom. The predicted molar refractivity (Wildman–Crippen MR) is 104 cm³/mol. The van der Waals surface area contributed by atoms with Crippen molar-refractivity contribution in [2.45, 2.75) is 39.3 Å². The number of rotatable bonds is 6. The molecule has 1 amide bonds. The van der Waals surface area contributed by atoms with Crippen LogP contribution in [0.5, 0.6) is 0 Å². The molecule has 2 aromatic carbocycles. The molecule has 3 aromatic rings. The maximum atomic E-state index is 12.9. The van der Waals surface area contributed by atoms with E-state index >= 15 is 0 Å². The van der Waals surface area contributed by atoms with Crippen molar-refractivity contribution in [1.82, 2.24) is 15.1 Å². The molecule has 0 aliphatic heterocycles. The van der Waals surface area contributed by atoms with E-state index in [9.17, 15) is 4.79 Å².